The number of benzene rings is 2. The largest absolute Gasteiger partial charge is 0.341 e. The van der Waals surface area contributed by atoms with Crippen LogP contribution in [0, 0.1) is 0 Å². The molecular weight excluding hydrogens is 430 g/mol. The van der Waals surface area contributed by atoms with Crippen molar-refractivity contribution in [3.8, 4) is 5.69 Å². The van der Waals surface area contributed by atoms with E-state index in [2.05, 4.69) is 33.3 Å². The quantitative estimate of drug-likeness (QED) is 0.542. The standard InChI is InChI=1S/C23H24ClN5OS/c24-19-9-3-4-10-20(19)29-22(27-12-5-6-13-27)25-26-23(29)31-16-21(30)28-14-11-17-7-1-2-8-18(17)15-28/h1-4,7-10H,5-6,11-16H2. The molecule has 0 saturated carbocycles. The van der Waals surface area contributed by atoms with Crippen molar-refractivity contribution < 1.29 is 4.79 Å². The molecule has 8 heteroatoms. The Hall–Kier alpha value is -2.51. The minimum absolute atomic E-state index is 0.121. The highest BCUT2D eigenvalue weighted by molar-refractivity contribution is 7.99. The highest BCUT2D eigenvalue weighted by Gasteiger charge is 2.25. The summed E-state index contributed by atoms with van der Waals surface area (Å²) in [4.78, 5) is 17.1. The van der Waals surface area contributed by atoms with E-state index in [1.165, 1.54) is 22.9 Å². The average molecular weight is 454 g/mol. The molecule has 0 atom stereocenters. The Morgan fingerprint density at radius 3 is 2.52 bits per heavy atom. The Labute approximate surface area is 191 Å². The van der Waals surface area contributed by atoms with Gasteiger partial charge in [-0.15, -0.1) is 10.2 Å². The molecule has 1 aromatic heterocycles. The number of fused-ring (bicyclic) bond motifs is 1. The summed E-state index contributed by atoms with van der Waals surface area (Å²) < 4.78 is 2.00. The number of halogens is 1. The lowest BCUT2D eigenvalue weighted by Gasteiger charge is -2.28. The molecule has 1 saturated heterocycles. The van der Waals surface area contributed by atoms with E-state index in [4.69, 9.17) is 11.6 Å². The van der Waals surface area contributed by atoms with Crippen LogP contribution >= 0.6 is 23.4 Å². The van der Waals surface area contributed by atoms with Gasteiger partial charge in [-0.25, -0.2) is 0 Å². The first kappa shape index (κ1) is 20.4. The zero-order chi connectivity index (χ0) is 21.2. The van der Waals surface area contributed by atoms with Gasteiger partial charge in [0.15, 0.2) is 5.16 Å². The molecule has 1 amide bonds. The number of hydrogen-bond donors (Lipinski definition) is 0. The number of hydrogen-bond acceptors (Lipinski definition) is 5. The second-order valence-corrected chi connectivity index (χ2v) is 9.24. The number of amides is 1. The summed E-state index contributed by atoms with van der Waals surface area (Å²) in [5.74, 6) is 1.24. The second kappa shape index (κ2) is 8.93. The maximum absolute atomic E-state index is 13.0. The van der Waals surface area contributed by atoms with E-state index in [9.17, 15) is 4.79 Å². The molecule has 6 nitrogen and oxygen atoms in total. The van der Waals surface area contributed by atoms with Crippen LogP contribution in [-0.2, 0) is 17.8 Å². The third-order valence-electron chi connectivity index (χ3n) is 5.91. The van der Waals surface area contributed by atoms with Gasteiger partial charge in [-0.2, -0.15) is 0 Å². The van der Waals surface area contributed by atoms with Gasteiger partial charge in [0.2, 0.25) is 11.9 Å². The molecule has 0 aliphatic carbocycles. The van der Waals surface area contributed by atoms with Crippen LogP contribution in [0.15, 0.2) is 53.7 Å². The van der Waals surface area contributed by atoms with Crippen LogP contribution in [0.5, 0.6) is 0 Å². The van der Waals surface area contributed by atoms with E-state index in [1.54, 1.807) is 0 Å². The molecular formula is C23H24ClN5OS. The van der Waals surface area contributed by atoms with Gasteiger partial charge >= 0.3 is 0 Å². The summed E-state index contributed by atoms with van der Waals surface area (Å²) in [6, 6.07) is 16.1. The predicted octanol–water partition coefficient (Wildman–Crippen LogP) is 4.20. The minimum atomic E-state index is 0.121. The van der Waals surface area contributed by atoms with Gasteiger partial charge in [-0.3, -0.25) is 9.36 Å². The Morgan fingerprint density at radius 1 is 0.968 bits per heavy atom. The Balaban J connectivity index is 1.36. The van der Waals surface area contributed by atoms with Crippen LogP contribution < -0.4 is 4.90 Å². The fourth-order valence-corrected chi connectivity index (χ4v) is 5.31. The molecule has 160 valence electrons. The Bertz CT molecular complexity index is 1100. The molecule has 0 unspecified atom stereocenters. The van der Waals surface area contributed by atoms with Crippen molar-refractivity contribution in [2.24, 2.45) is 0 Å². The molecule has 1 fully saturated rings. The number of anilines is 1. The smallest absolute Gasteiger partial charge is 0.233 e. The van der Waals surface area contributed by atoms with Crippen LogP contribution in [0.1, 0.15) is 24.0 Å². The van der Waals surface area contributed by atoms with E-state index in [1.807, 2.05) is 39.8 Å². The average Bonchev–Trinajstić information content (AvgIpc) is 3.47. The van der Waals surface area contributed by atoms with Gasteiger partial charge in [0.25, 0.3) is 0 Å². The summed E-state index contributed by atoms with van der Waals surface area (Å²) in [5.41, 5.74) is 3.42. The molecule has 2 aliphatic heterocycles. The SMILES string of the molecule is O=C(CSc1nnc(N2CCCC2)n1-c1ccccc1Cl)N1CCc2ccccc2C1. The van der Waals surface area contributed by atoms with Crippen molar-refractivity contribution in [2.75, 3.05) is 30.3 Å². The van der Waals surface area contributed by atoms with Crippen LogP contribution in [0.3, 0.4) is 0 Å². The molecule has 0 radical (unpaired) electrons. The molecule has 3 heterocycles. The van der Waals surface area contributed by atoms with Crippen molar-refractivity contribution in [2.45, 2.75) is 31.0 Å². The topological polar surface area (TPSA) is 54.3 Å². The minimum Gasteiger partial charge on any atom is -0.341 e. The maximum Gasteiger partial charge on any atom is 0.233 e. The van der Waals surface area contributed by atoms with E-state index in [0.29, 0.717) is 22.5 Å². The lowest BCUT2D eigenvalue weighted by molar-refractivity contribution is -0.129. The number of thioether (sulfide) groups is 1. The molecule has 2 aliphatic rings. The summed E-state index contributed by atoms with van der Waals surface area (Å²) in [7, 11) is 0. The lowest BCUT2D eigenvalue weighted by Crippen LogP contribution is -2.37. The van der Waals surface area contributed by atoms with Crippen molar-refractivity contribution >= 4 is 35.2 Å². The molecule has 2 aromatic carbocycles. The van der Waals surface area contributed by atoms with Gasteiger partial charge in [-0.05, 0) is 42.5 Å². The second-order valence-electron chi connectivity index (χ2n) is 7.89. The van der Waals surface area contributed by atoms with Crippen LogP contribution in [-0.4, -0.2) is 51.0 Å². The first-order valence-corrected chi connectivity index (χ1v) is 12.0. The summed E-state index contributed by atoms with van der Waals surface area (Å²) >= 11 is 7.95. The van der Waals surface area contributed by atoms with Gasteiger partial charge < -0.3 is 9.80 Å². The van der Waals surface area contributed by atoms with Gasteiger partial charge in [0, 0.05) is 26.2 Å². The number of carbonyl (C=O) groups is 1. The zero-order valence-corrected chi connectivity index (χ0v) is 18.8. The highest BCUT2D eigenvalue weighted by atomic mass is 35.5. The zero-order valence-electron chi connectivity index (χ0n) is 17.2. The van der Waals surface area contributed by atoms with E-state index in [0.717, 1.165) is 50.5 Å². The van der Waals surface area contributed by atoms with E-state index < -0.39 is 0 Å². The third-order valence-corrected chi connectivity index (χ3v) is 7.14. The summed E-state index contributed by atoms with van der Waals surface area (Å²) in [6.07, 6.45) is 3.20. The van der Waals surface area contributed by atoms with Gasteiger partial charge in [0.1, 0.15) is 0 Å². The fourth-order valence-electron chi connectivity index (χ4n) is 4.25. The first-order chi connectivity index (χ1) is 15.2. The van der Waals surface area contributed by atoms with Crippen molar-refractivity contribution in [3.05, 3.63) is 64.7 Å². The summed E-state index contributed by atoms with van der Waals surface area (Å²) in [6.45, 7) is 3.34. The van der Waals surface area contributed by atoms with E-state index in [-0.39, 0.29) is 5.91 Å². The normalized spacial score (nSPS) is 15.9. The monoisotopic (exact) mass is 453 g/mol. The van der Waals surface area contributed by atoms with Crippen LogP contribution in [0.4, 0.5) is 5.95 Å². The summed E-state index contributed by atoms with van der Waals surface area (Å²) in [5, 5.41) is 10.2. The number of para-hydroxylation sites is 1. The predicted molar refractivity (Wildman–Crippen MR) is 124 cm³/mol. The molecule has 0 N–H and O–H groups in total. The first-order valence-electron chi connectivity index (χ1n) is 10.6. The number of rotatable bonds is 5. The van der Waals surface area contributed by atoms with Crippen LogP contribution in [0.25, 0.3) is 5.69 Å². The van der Waals surface area contributed by atoms with Crippen molar-refractivity contribution in [1.82, 2.24) is 19.7 Å². The molecule has 3 aromatic rings. The highest BCUT2D eigenvalue weighted by Crippen LogP contribution is 2.32. The molecule has 0 spiro atoms. The number of nitrogens with zero attached hydrogens (tertiary/aromatic N) is 5. The van der Waals surface area contributed by atoms with E-state index >= 15 is 0 Å². The van der Waals surface area contributed by atoms with Crippen molar-refractivity contribution in [3.63, 3.8) is 0 Å². The third kappa shape index (κ3) is 4.16. The van der Waals surface area contributed by atoms with Gasteiger partial charge in [-0.1, -0.05) is 59.8 Å². The fraction of sp³-hybridized carbons (Fsp3) is 0.348. The number of carbonyl (C=O) groups excluding carboxylic acids is 1. The van der Waals surface area contributed by atoms with Crippen molar-refractivity contribution in [1.29, 1.82) is 0 Å². The van der Waals surface area contributed by atoms with Crippen LogP contribution in [0.2, 0.25) is 5.02 Å². The molecule has 0 bridgehead atoms. The number of aromatic nitrogens is 3. The Kier molecular flexibility index (Phi) is 5.87. The molecule has 31 heavy (non-hydrogen) atoms. The maximum atomic E-state index is 13.0. The molecule has 5 rings (SSSR count). The Morgan fingerprint density at radius 2 is 1.71 bits per heavy atom. The lowest BCUT2D eigenvalue weighted by atomic mass is 10.00. The van der Waals surface area contributed by atoms with Gasteiger partial charge in [0.05, 0.1) is 16.5 Å².